The number of hydrogen-bond donors (Lipinski definition) is 0. The Hall–Kier alpha value is -1.60. The number of carbonyl (C=O) groups is 1. The molecule has 1 rings (SSSR count). The number of nitriles is 1. The molecule has 0 N–H and O–H groups in total. The van der Waals surface area contributed by atoms with Gasteiger partial charge in [-0.15, -0.1) is 0 Å². The van der Waals surface area contributed by atoms with E-state index in [-0.39, 0.29) is 10.9 Å². The van der Waals surface area contributed by atoms with Crippen LogP contribution in [0.5, 0.6) is 0 Å². The van der Waals surface area contributed by atoms with Gasteiger partial charge in [-0.1, -0.05) is 11.6 Å². The van der Waals surface area contributed by atoms with Gasteiger partial charge in [0.15, 0.2) is 0 Å². The second-order valence-corrected chi connectivity index (χ2v) is 4.61. The first-order chi connectivity index (χ1) is 7.79. The first-order valence-electron chi connectivity index (χ1n) is 4.94. The van der Waals surface area contributed by atoms with Crippen LogP contribution in [0.25, 0.3) is 0 Å². The molecule has 17 heavy (non-hydrogen) atoms. The van der Waals surface area contributed by atoms with E-state index >= 15 is 0 Å². The minimum atomic E-state index is -1.13. The molecule has 0 fully saturated rings. The van der Waals surface area contributed by atoms with Crippen LogP contribution in [-0.2, 0) is 4.79 Å². The monoisotopic (exact) mass is 254 g/mol. The third-order valence-electron chi connectivity index (χ3n) is 2.41. The third-order valence-corrected chi connectivity index (χ3v) is 2.70. The van der Waals surface area contributed by atoms with Crippen molar-refractivity contribution >= 4 is 23.2 Å². The molecule has 0 aliphatic rings. The number of hydrogen-bond acceptors (Lipinski definition) is 2. The van der Waals surface area contributed by atoms with Gasteiger partial charge in [-0.3, -0.25) is 4.79 Å². The van der Waals surface area contributed by atoms with E-state index < -0.39 is 11.2 Å². The van der Waals surface area contributed by atoms with Crippen molar-refractivity contribution in [1.29, 1.82) is 5.26 Å². The molecule has 0 saturated carbocycles. The molecular weight excluding hydrogens is 243 g/mol. The van der Waals surface area contributed by atoms with E-state index in [9.17, 15) is 9.18 Å². The molecule has 0 bridgehead atoms. The molecule has 0 atom stereocenters. The highest BCUT2D eigenvalue weighted by Gasteiger charge is 2.31. The summed E-state index contributed by atoms with van der Waals surface area (Å²) in [6.45, 7) is 3.05. The zero-order valence-electron chi connectivity index (χ0n) is 9.79. The third kappa shape index (κ3) is 2.75. The van der Waals surface area contributed by atoms with Gasteiger partial charge in [-0.25, -0.2) is 4.39 Å². The second kappa shape index (κ2) is 4.72. The van der Waals surface area contributed by atoms with Crippen molar-refractivity contribution in [3.8, 4) is 6.07 Å². The summed E-state index contributed by atoms with van der Waals surface area (Å²) in [7, 11) is 1.52. The zero-order valence-corrected chi connectivity index (χ0v) is 10.5. The quantitative estimate of drug-likeness (QED) is 0.814. The first-order valence-corrected chi connectivity index (χ1v) is 5.32. The maximum absolute atomic E-state index is 13.0. The largest absolute Gasteiger partial charge is 0.314 e. The number of anilines is 1. The van der Waals surface area contributed by atoms with Gasteiger partial charge in [-0.05, 0) is 32.0 Å². The molecule has 0 unspecified atom stereocenters. The summed E-state index contributed by atoms with van der Waals surface area (Å²) in [6, 6.07) is 5.89. The highest BCUT2D eigenvalue weighted by Crippen LogP contribution is 2.25. The lowest BCUT2D eigenvalue weighted by Gasteiger charge is -2.24. The van der Waals surface area contributed by atoms with Gasteiger partial charge in [0.25, 0.3) is 0 Å². The average Bonchev–Trinajstić information content (AvgIpc) is 2.30. The lowest BCUT2D eigenvalue weighted by Crippen LogP contribution is -2.37. The molecule has 0 aromatic heterocycles. The van der Waals surface area contributed by atoms with Crippen molar-refractivity contribution in [3.05, 3.63) is 29.0 Å². The molecule has 0 radical (unpaired) electrons. The molecule has 0 spiro atoms. The summed E-state index contributed by atoms with van der Waals surface area (Å²) in [5, 5.41) is 8.82. The highest BCUT2D eigenvalue weighted by atomic mass is 35.5. The number of halogens is 2. The zero-order chi connectivity index (χ0) is 13.2. The van der Waals surface area contributed by atoms with Crippen LogP contribution in [0.1, 0.15) is 13.8 Å². The minimum absolute atomic E-state index is 0.0584. The van der Waals surface area contributed by atoms with E-state index in [1.165, 1.54) is 44.0 Å². The number of nitrogens with zero attached hydrogens (tertiary/aromatic N) is 2. The average molecular weight is 255 g/mol. The number of benzene rings is 1. The van der Waals surface area contributed by atoms with E-state index in [0.29, 0.717) is 5.69 Å². The van der Waals surface area contributed by atoms with Gasteiger partial charge in [0, 0.05) is 12.7 Å². The van der Waals surface area contributed by atoms with Gasteiger partial charge < -0.3 is 4.90 Å². The fourth-order valence-electron chi connectivity index (χ4n) is 1.28. The van der Waals surface area contributed by atoms with Crippen molar-refractivity contribution < 1.29 is 9.18 Å². The van der Waals surface area contributed by atoms with E-state index in [0.717, 1.165) is 0 Å². The Bertz CT molecular complexity index is 494. The van der Waals surface area contributed by atoms with Crippen molar-refractivity contribution in [2.75, 3.05) is 11.9 Å². The van der Waals surface area contributed by atoms with Crippen LogP contribution in [0.2, 0.25) is 5.02 Å². The Morgan fingerprint density at radius 3 is 2.59 bits per heavy atom. The molecule has 0 aliphatic heterocycles. The van der Waals surface area contributed by atoms with Crippen LogP contribution in [0.3, 0.4) is 0 Å². The Labute approximate surface area is 104 Å². The van der Waals surface area contributed by atoms with Crippen LogP contribution in [-0.4, -0.2) is 13.0 Å². The highest BCUT2D eigenvalue weighted by molar-refractivity contribution is 6.31. The molecule has 0 heterocycles. The smallest absolute Gasteiger partial charge is 0.246 e. The SMILES string of the molecule is CN(C(=O)C(C)(C)C#N)c1ccc(F)c(Cl)c1. The minimum Gasteiger partial charge on any atom is -0.314 e. The Balaban J connectivity index is 3.06. The first kappa shape index (κ1) is 13.5. The Morgan fingerprint density at radius 1 is 1.53 bits per heavy atom. The maximum atomic E-state index is 13.0. The second-order valence-electron chi connectivity index (χ2n) is 4.20. The van der Waals surface area contributed by atoms with E-state index in [2.05, 4.69) is 0 Å². The van der Waals surface area contributed by atoms with Gasteiger partial charge in [0.05, 0.1) is 11.1 Å². The number of rotatable bonds is 2. The molecule has 0 aliphatic carbocycles. The fourth-order valence-corrected chi connectivity index (χ4v) is 1.45. The van der Waals surface area contributed by atoms with Crippen LogP contribution >= 0.6 is 11.6 Å². The number of amides is 1. The molecular formula is C12H12ClFN2O. The van der Waals surface area contributed by atoms with Gasteiger partial charge in [0.2, 0.25) is 5.91 Å². The predicted octanol–water partition coefficient (Wildman–Crippen LogP) is 2.99. The number of carbonyl (C=O) groups excluding carboxylic acids is 1. The normalized spacial score (nSPS) is 10.8. The Kier molecular flexibility index (Phi) is 3.74. The van der Waals surface area contributed by atoms with Gasteiger partial charge >= 0.3 is 0 Å². The predicted molar refractivity (Wildman–Crippen MR) is 64.2 cm³/mol. The standard InChI is InChI=1S/C12H12ClFN2O/c1-12(2,7-15)11(17)16(3)8-4-5-10(14)9(13)6-8/h4-6H,1-3H3. The summed E-state index contributed by atoms with van der Waals surface area (Å²) < 4.78 is 13.0. The fraction of sp³-hybridized carbons (Fsp3) is 0.333. The summed E-state index contributed by atoms with van der Waals surface area (Å²) in [5.41, 5.74) is -0.681. The van der Waals surface area contributed by atoms with Crippen LogP contribution < -0.4 is 4.90 Å². The maximum Gasteiger partial charge on any atom is 0.246 e. The van der Waals surface area contributed by atoms with Crippen molar-refractivity contribution in [2.24, 2.45) is 5.41 Å². The van der Waals surface area contributed by atoms with Crippen LogP contribution in [0, 0.1) is 22.6 Å². The molecule has 1 amide bonds. The molecule has 1 aromatic rings. The van der Waals surface area contributed by atoms with Crippen molar-refractivity contribution in [2.45, 2.75) is 13.8 Å². The summed E-state index contributed by atoms with van der Waals surface area (Å²) in [5.74, 6) is -0.918. The lowest BCUT2D eigenvalue weighted by molar-refractivity contribution is -0.123. The lowest BCUT2D eigenvalue weighted by atomic mass is 9.94. The summed E-state index contributed by atoms with van der Waals surface area (Å²) in [4.78, 5) is 13.2. The molecule has 3 nitrogen and oxygen atoms in total. The van der Waals surface area contributed by atoms with Crippen LogP contribution in [0.15, 0.2) is 18.2 Å². The van der Waals surface area contributed by atoms with E-state index in [4.69, 9.17) is 16.9 Å². The van der Waals surface area contributed by atoms with Crippen molar-refractivity contribution in [3.63, 3.8) is 0 Å². The van der Waals surface area contributed by atoms with Gasteiger partial charge in [-0.2, -0.15) is 5.26 Å². The molecule has 90 valence electrons. The van der Waals surface area contributed by atoms with Crippen molar-refractivity contribution in [1.82, 2.24) is 0 Å². The topological polar surface area (TPSA) is 44.1 Å². The van der Waals surface area contributed by atoms with Gasteiger partial charge in [0.1, 0.15) is 11.2 Å². The molecule has 0 saturated heterocycles. The molecule has 5 heteroatoms. The summed E-state index contributed by atoms with van der Waals surface area (Å²) in [6.07, 6.45) is 0. The van der Waals surface area contributed by atoms with E-state index in [1.54, 1.807) is 0 Å². The van der Waals surface area contributed by atoms with E-state index in [1.807, 2.05) is 6.07 Å². The van der Waals surface area contributed by atoms with Crippen LogP contribution in [0.4, 0.5) is 10.1 Å². The summed E-state index contributed by atoms with van der Waals surface area (Å²) >= 11 is 5.63. The molecule has 1 aromatic carbocycles. The Morgan fingerprint density at radius 2 is 2.12 bits per heavy atom.